The maximum Gasteiger partial charge on any atom is 0.277 e. The third-order valence-corrected chi connectivity index (χ3v) is 3.07. The summed E-state index contributed by atoms with van der Waals surface area (Å²) in [6.45, 7) is 2.58. The van der Waals surface area contributed by atoms with E-state index in [4.69, 9.17) is 9.47 Å². The summed E-state index contributed by atoms with van der Waals surface area (Å²) >= 11 is 3.23. The topological polar surface area (TPSA) is 61.6 Å². The number of nitro groups is 1. The highest BCUT2D eigenvalue weighted by Crippen LogP contribution is 2.35. The van der Waals surface area contributed by atoms with Crippen molar-refractivity contribution in [2.75, 3.05) is 13.7 Å². The molecule has 1 aromatic carbocycles. The zero-order valence-corrected chi connectivity index (χ0v) is 12.0. The molecule has 0 heterocycles. The van der Waals surface area contributed by atoms with Gasteiger partial charge in [0.1, 0.15) is 0 Å². The molecule has 0 aliphatic heterocycles. The number of nitrogens with zero attached hydrogens (tertiary/aromatic N) is 1. The fourth-order valence-corrected chi connectivity index (χ4v) is 1.92. The second-order valence-corrected chi connectivity index (χ2v) is 4.29. The van der Waals surface area contributed by atoms with Gasteiger partial charge >= 0.3 is 0 Å². The van der Waals surface area contributed by atoms with Crippen molar-refractivity contribution >= 4 is 21.6 Å². The molecule has 0 N–H and O–H groups in total. The van der Waals surface area contributed by atoms with E-state index >= 15 is 0 Å². The minimum Gasteiger partial charge on any atom is -0.493 e. The summed E-state index contributed by atoms with van der Waals surface area (Å²) < 4.78 is 10.7. The van der Waals surface area contributed by atoms with Crippen LogP contribution < -0.4 is 9.47 Å². The number of ether oxygens (including phenoxy) is 2. The highest BCUT2D eigenvalue weighted by atomic mass is 79.9. The van der Waals surface area contributed by atoms with E-state index in [1.54, 1.807) is 6.07 Å². The zero-order valence-electron chi connectivity index (χ0n) is 10.4. The second kappa shape index (κ2) is 7.20. The molecule has 0 atom stereocenters. The molecule has 0 fully saturated rings. The van der Waals surface area contributed by atoms with Crippen LogP contribution in [0, 0.1) is 10.1 Å². The third kappa shape index (κ3) is 3.60. The van der Waals surface area contributed by atoms with Crippen LogP contribution in [0.4, 0.5) is 5.69 Å². The first-order valence-corrected chi connectivity index (χ1v) is 6.80. The van der Waals surface area contributed by atoms with Crippen LogP contribution in [0.1, 0.15) is 25.3 Å². The van der Waals surface area contributed by atoms with Crippen LogP contribution in [-0.4, -0.2) is 18.6 Å². The van der Waals surface area contributed by atoms with Gasteiger partial charge in [0.05, 0.1) is 24.7 Å². The van der Waals surface area contributed by atoms with Gasteiger partial charge in [-0.2, -0.15) is 0 Å². The van der Waals surface area contributed by atoms with Crippen LogP contribution in [0.25, 0.3) is 0 Å². The van der Waals surface area contributed by atoms with E-state index in [2.05, 4.69) is 22.9 Å². The molecule has 0 saturated heterocycles. The molecule has 0 radical (unpaired) electrons. The van der Waals surface area contributed by atoms with E-state index in [1.807, 2.05) is 0 Å². The van der Waals surface area contributed by atoms with Gasteiger partial charge in [-0.1, -0.05) is 29.3 Å². The summed E-state index contributed by atoms with van der Waals surface area (Å²) in [6, 6.07) is 3.05. The fraction of sp³-hybridized carbons (Fsp3) is 0.500. The lowest BCUT2D eigenvalue weighted by atomic mass is 10.2. The van der Waals surface area contributed by atoms with Crippen LogP contribution in [0.5, 0.6) is 11.5 Å². The normalized spacial score (nSPS) is 10.2. The molecule has 0 saturated carbocycles. The Kier molecular flexibility index (Phi) is 5.91. The third-order valence-electron chi connectivity index (χ3n) is 2.46. The van der Waals surface area contributed by atoms with Gasteiger partial charge in [0, 0.05) is 10.9 Å². The van der Waals surface area contributed by atoms with Crippen LogP contribution in [0.2, 0.25) is 0 Å². The number of hydrogen-bond donors (Lipinski definition) is 0. The lowest BCUT2D eigenvalue weighted by Crippen LogP contribution is -2.02. The monoisotopic (exact) mass is 317 g/mol. The predicted molar refractivity (Wildman–Crippen MR) is 72.7 cm³/mol. The molecule has 18 heavy (non-hydrogen) atoms. The van der Waals surface area contributed by atoms with Crippen LogP contribution in [0.15, 0.2) is 12.1 Å². The maximum atomic E-state index is 11.0. The summed E-state index contributed by atoms with van der Waals surface area (Å²) in [4.78, 5) is 10.5. The number of alkyl halides is 1. The molecule has 100 valence electrons. The van der Waals surface area contributed by atoms with E-state index < -0.39 is 4.92 Å². The number of rotatable bonds is 7. The Bertz CT molecular complexity index is 423. The molecule has 0 aromatic heterocycles. The summed E-state index contributed by atoms with van der Waals surface area (Å²) in [5.74, 6) is 0.938. The number of methoxy groups -OCH3 is 1. The van der Waals surface area contributed by atoms with E-state index in [0.29, 0.717) is 29.0 Å². The molecule has 0 aliphatic rings. The summed E-state index contributed by atoms with van der Waals surface area (Å²) in [6.07, 6.45) is 1.90. The molecular weight excluding hydrogens is 302 g/mol. The Balaban J connectivity index is 3.07. The molecule has 0 amide bonds. The van der Waals surface area contributed by atoms with E-state index in [0.717, 1.165) is 12.8 Å². The number of benzene rings is 1. The van der Waals surface area contributed by atoms with Crippen molar-refractivity contribution in [3.63, 3.8) is 0 Å². The summed E-state index contributed by atoms with van der Waals surface area (Å²) in [5.41, 5.74) is 0.610. The molecule has 1 aromatic rings. The Morgan fingerprint density at radius 1 is 1.39 bits per heavy atom. The van der Waals surface area contributed by atoms with E-state index in [9.17, 15) is 10.1 Å². The van der Waals surface area contributed by atoms with Crippen LogP contribution >= 0.6 is 15.9 Å². The Hall–Kier alpha value is -1.30. The SMILES string of the molecule is CCCCOc1cc([N+](=O)[O-])c(CBr)cc1OC. The standard InChI is InChI=1S/C12H16BrNO4/c1-3-4-5-18-12-7-10(14(15)16)9(8-13)6-11(12)17-2/h6-7H,3-5,8H2,1-2H3. The molecule has 0 unspecified atom stereocenters. The quantitative estimate of drug-likeness (QED) is 0.333. The highest BCUT2D eigenvalue weighted by molar-refractivity contribution is 9.08. The first-order valence-electron chi connectivity index (χ1n) is 5.68. The summed E-state index contributed by atoms with van der Waals surface area (Å²) in [5, 5.41) is 11.3. The number of halogens is 1. The molecule has 5 nitrogen and oxygen atoms in total. The second-order valence-electron chi connectivity index (χ2n) is 3.72. The van der Waals surface area contributed by atoms with Crippen molar-refractivity contribution in [2.24, 2.45) is 0 Å². The lowest BCUT2D eigenvalue weighted by Gasteiger charge is -2.11. The van der Waals surface area contributed by atoms with Gasteiger partial charge in [0.2, 0.25) is 0 Å². The Labute approximate surface area is 114 Å². The van der Waals surface area contributed by atoms with Gasteiger partial charge in [-0.25, -0.2) is 0 Å². The molecule has 6 heteroatoms. The zero-order chi connectivity index (χ0) is 13.5. The van der Waals surface area contributed by atoms with Gasteiger partial charge in [0.15, 0.2) is 11.5 Å². The molecule has 0 aliphatic carbocycles. The fourth-order valence-electron chi connectivity index (χ4n) is 1.47. The predicted octanol–water partition coefficient (Wildman–Crippen LogP) is 3.68. The summed E-state index contributed by atoms with van der Waals surface area (Å²) in [7, 11) is 1.52. The van der Waals surface area contributed by atoms with Crippen molar-refractivity contribution in [3.8, 4) is 11.5 Å². The van der Waals surface area contributed by atoms with Gasteiger partial charge in [-0.3, -0.25) is 10.1 Å². The van der Waals surface area contributed by atoms with Crippen molar-refractivity contribution < 1.29 is 14.4 Å². The minimum absolute atomic E-state index is 0.0409. The van der Waals surface area contributed by atoms with Crippen molar-refractivity contribution in [3.05, 3.63) is 27.8 Å². The van der Waals surface area contributed by atoms with Crippen LogP contribution in [0.3, 0.4) is 0 Å². The van der Waals surface area contributed by atoms with Gasteiger partial charge in [-0.15, -0.1) is 0 Å². The molecule has 0 spiro atoms. The number of unbranched alkanes of at least 4 members (excludes halogenated alkanes) is 1. The van der Waals surface area contributed by atoms with Crippen LogP contribution in [-0.2, 0) is 5.33 Å². The number of hydrogen-bond acceptors (Lipinski definition) is 4. The number of nitro benzene ring substituents is 1. The van der Waals surface area contributed by atoms with Gasteiger partial charge in [-0.05, 0) is 12.5 Å². The van der Waals surface area contributed by atoms with Crippen molar-refractivity contribution in [1.29, 1.82) is 0 Å². The van der Waals surface area contributed by atoms with Gasteiger partial charge in [0.25, 0.3) is 5.69 Å². The smallest absolute Gasteiger partial charge is 0.277 e. The average Bonchev–Trinajstić information content (AvgIpc) is 2.38. The molecule has 0 bridgehead atoms. The van der Waals surface area contributed by atoms with Gasteiger partial charge < -0.3 is 9.47 Å². The first-order chi connectivity index (χ1) is 8.63. The average molecular weight is 318 g/mol. The first kappa shape index (κ1) is 14.8. The lowest BCUT2D eigenvalue weighted by molar-refractivity contribution is -0.385. The Morgan fingerprint density at radius 3 is 2.61 bits per heavy atom. The highest BCUT2D eigenvalue weighted by Gasteiger charge is 2.18. The molecule has 1 rings (SSSR count). The largest absolute Gasteiger partial charge is 0.493 e. The van der Waals surface area contributed by atoms with Crippen molar-refractivity contribution in [2.45, 2.75) is 25.1 Å². The molecular formula is C12H16BrNO4. The minimum atomic E-state index is -0.414. The van der Waals surface area contributed by atoms with Crippen molar-refractivity contribution in [1.82, 2.24) is 0 Å². The van der Waals surface area contributed by atoms with E-state index in [-0.39, 0.29) is 5.69 Å². The maximum absolute atomic E-state index is 11.0. The Morgan fingerprint density at radius 2 is 2.11 bits per heavy atom. The van der Waals surface area contributed by atoms with E-state index in [1.165, 1.54) is 13.2 Å².